The molecule has 0 saturated heterocycles. The van der Waals surface area contributed by atoms with Gasteiger partial charge in [0, 0.05) is 5.69 Å². The first-order valence-electron chi connectivity index (χ1n) is 4.17. The molecular weight excluding hydrogens is 146 g/mol. The summed E-state index contributed by atoms with van der Waals surface area (Å²) in [4.78, 5) is 0. The normalized spacial score (nSPS) is 10.2. The van der Waals surface area contributed by atoms with E-state index in [-0.39, 0.29) is 0 Å². The second-order valence-corrected chi connectivity index (χ2v) is 3.21. The van der Waals surface area contributed by atoms with Crippen LogP contribution < -0.4 is 5.73 Å². The van der Waals surface area contributed by atoms with Gasteiger partial charge in [0.1, 0.15) is 0 Å². The van der Waals surface area contributed by atoms with E-state index in [1.807, 2.05) is 12.1 Å². The zero-order valence-corrected chi connectivity index (χ0v) is 7.67. The summed E-state index contributed by atoms with van der Waals surface area (Å²) in [6.45, 7) is 7.99. The molecule has 0 amide bonds. The summed E-state index contributed by atoms with van der Waals surface area (Å²) in [5.74, 6) is 0.477. The predicted molar refractivity (Wildman–Crippen MR) is 55.0 cm³/mol. The van der Waals surface area contributed by atoms with Gasteiger partial charge in [0.05, 0.1) is 0 Å². The largest absolute Gasteiger partial charge is 0.398 e. The van der Waals surface area contributed by atoms with Crippen molar-refractivity contribution in [2.24, 2.45) is 0 Å². The summed E-state index contributed by atoms with van der Waals surface area (Å²) in [6.07, 6.45) is 1.79. The minimum absolute atomic E-state index is 0.477. The van der Waals surface area contributed by atoms with Gasteiger partial charge in [-0.2, -0.15) is 0 Å². The Bertz CT molecular complexity index is 287. The fraction of sp³-hybridized carbons (Fsp3) is 0.273. The highest BCUT2D eigenvalue weighted by atomic mass is 14.6. The smallest absolute Gasteiger partial charge is 0.0422 e. The first-order valence-corrected chi connectivity index (χ1v) is 4.17. The molecule has 1 nitrogen and oxygen atoms in total. The summed E-state index contributed by atoms with van der Waals surface area (Å²) in [5.41, 5.74) is 9.02. The number of hydrogen-bond donors (Lipinski definition) is 1. The minimum atomic E-state index is 0.477. The molecule has 0 aliphatic rings. The molecule has 0 aliphatic heterocycles. The molecule has 0 atom stereocenters. The van der Waals surface area contributed by atoms with Crippen LogP contribution in [0.2, 0.25) is 0 Å². The molecule has 1 rings (SSSR count). The Labute approximate surface area is 73.9 Å². The molecule has 1 heteroatoms. The highest BCUT2D eigenvalue weighted by molar-refractivity contribution is 5.67. The van der Waals surface area contributed by atoms with Crippen molar-refractivity contribution in [1.29, 1.82) is 0 Å². The summed E-state index contributed by atoms with van der Waals surface area (Å²) in [5, 5.41) is 0. The van der Waals surface area contributed by atoms with Crippen molar-refractivity contribution >= 4 is 11.8 Å². The van der Waals surface area contributed by atoms with Crippen LogP contribution in [0.1, 0.15) is 30.9 Å². The molecule has 0 fully saturated rings. The van der Waals surface area contributed by atoms with Gasteiger partial charge in [-0.25, -0.2) is 0 Å². The fourth-order valence-corrected chi connectivity index (χ4v) is 1.28. The van der Waals surface area contributed by atoms with E-state index in [1.54, 1.807) is 6.08 Å². The number of hydrogen-bond acceptors (Lipinski definition) is 1. The molecule has 1 aromatic carbocycles. The number of anilines is 1. The number of para-hydroxylation sites is 1. The summed E-state index contributed by atoms with van der Waals surface area (Å²) < 4.78 is 0. The molecule has 64 valence electrons. The summed E-state index contributed by atoms with van der Waals surface area (Å²) >= 11 is 0. The third-order valence-electron chi connectivity index (χ3n) is 2.02. The average Bonchev–Trinajstić information content (AvgIpc) is 2.04. The maximum atomic E-state index is 5.92. The van der Waals surface area contributed by atoms with Crippen LogP contribution in [0.4, 0.5) is 5.69 Å². The lowest BCUT2D eigenvalue weighted by Gasteiger charge is -2.10. The Balaban J connectivity index is 3.22. The number of benzene rings is 1. The molecule has 0 bridgehead atoms. The Hall–Kier alpha value is -1.24. The minimum Gasteiger partial charge on any atom is -0.398 e. The first-order chi connectivity index (χ1) is 5.66. The molecule has 0 radical (unpaired) electrons. The van der Waals surface area contributed by atoms with Crippen molar-refractivity contribution in [1.82, 2.24) is 0 Å². The third kappa shape index (κ3) is 1.50. The molecule has 0 saturated carbocycles. The lowest BCUT2D eigenvalue weighted by Crippen LogP contribution is -1.98. The topological polar surface area (TPSA) is 26.0 Å². The van der Waals surface area contributed by atoms with Gasteiger partial charge in [-0.05, 0) is 17.0 Å². The van der Waals surface area contributed by atoms with Crippen molar-refractivity contribution in [3.63, 3.8) is 0 Å². The SMILES string of the molecule is C=Cc1cccc(C(C)C)c1N. The van der Waals surface area contributed by atoms with Gasteiger partial charge in [0.2, 0.25) is 0 Å². The second-order valence-electron chi connectivity index (χ2n) is 3.21. The lowest BCUT2D eigenvalue weighted by molar-refractivity contribution is 0.869. The van der Waals surface area contributed by atoms with Crippen molar-refractivity contribution in [3.8, 4) is 0 Å². The number of nitrogen functional groups attached to an aromatic ring is 1. The molecule has 0 heterocycles. The quantitative estimate of drug-likeness (QED) is 0.663. The first kappa shape index (κ1) is 8.85. The maximum Gasteiger partial charge on any atom is 0.0422 e. The van der Waals surface area contributed by atoms with E-state index in [2.05, 4.69) is 26.5 Å². The van der Waals surface area contributed by atoms with Gasteiger partial charge in [-0.3, -0.25) is 0 Å². The monoisotopic (exact) mass is 161 g/mol. The van der Waals surface area contributed by atoms with Gasteiger partial charge in [0.25, 0.3) is 0 Å². The molecular formula is C11H15N. The van der Waals surface area contributed by atoms with Gasteiger partial charge >= 0.3 is 0 Å². The van der Waals surface area contributed by atoms with Crippen LogP contribution >= 0.6 is 0 Å². The fourth-order valence-electron chi connectivity index (χ4n) is 1.28. The molecule has 1 aromatic rings. The van der Waals surface area contributed by atoms with Crippen molar-refractivity contribution < 1.29 is 0 Å². The highest BCUT2D eigenvalue weighted by Gasteiger charge is 2.04. The van der Waals surface area contributed by atoms with Crippen LogP contribution in [0.3, 0.4) is 0 Å². The molecule has 0 aliphatic carbocycles. The van der Waals surface area contributed by atoms with E-state index in [0.717, 1.165) is 11.3 Å². The molecule has 12 heavy (non-hydrogen) atoms. The summed E-state index contributed by atoms with van der Waals surface area (Å²) in [6, 6.07) is 6.06. The van der Waals surface area contributed by atoms with Crippen LogP contribution in [0, 0.1) is 0 Å². The molecule has 0 unspecified atom stereocenters. The van der Waals surface area contributed by atoms with Gasteiger partial charge in [-0.15, -0.1) is 0 Å². The van der Waals surface area contributed by atoms with E-state index >= 15 is 0 Å². The van der Waals surface area contributed by atoms with Crippen LogP contribution in [0.5, 0.6) is 0 Å². The Kier molecular flexibility index (Phi) is 2.54. The van der Waals surface area contributed by atoms with Crippen molar-refractivity contribution in [3.05, 3.63) is 35.9 Å². The van der Waals surface area contributed by atoms with Gasteiger partial charge in [-0.1, -0.05) is 44.7 Å². The predicted octanol–water partition coefficient (Wildman–Crippen LogP) is 3.04. The maximum absolute atomic E-state index is 5.92. The molecule has 2 N–H and O–H groups in total. The Morgan fingerprint density at radius 2 is 2.08 bits per heavy atom. The van der Waals surface area contributed by atoms with Crippen LogP contribution in [0.15, 0.2) is 24.8 Å². The lowest BCUT2D eigenvalue weighted by atomic mass is 9.98. The van der Waals surface area contributed by atoms with E-state index in [1.165, 1.54) is 5.56 Å². The number of nitrogens with two attached hydrogens (primary N) is 1. The van der Waals surface area contributed by atoms with Crippen LogP contribution in [0.25, 0.3) is 6.08 Å². The van der Waals surface area contributed by atoms with E-state index in [4.69, 9.17) is 5.73 Å². The second kappa shape index (κ2) is 3.44. The Morgan fingerprint density at radius 1 is 1.42 bits per heavy atom. The van der Waals surface area contributed by atoms with Crippen LogP contribution in [-0.4, -0.2) is 0 Å². The highest BCUT2D eigenvalue weighted by Crippen LogP contribution is 2.25. The number of rotatable bonds is 2. The van der Waals surface area contributed by atoms with Crippen molar-refractivity contribution in [2.45, 2.75) is 19.8 Å². The summed E-state index contributed by atoms with van der Waals surface area (Å²) in [7, 11) is 0. The van der Waals surface area contributed by atoms with E-state index < -0.39 is 0 Å². The third-order valence-corrected chi connectivity index (χ3v) is 2.02. The van der Waals surface area contributed by atoms with Gasteiger partial charge in [0.15, 0.2) is 0 Å². The average molecular weight is 161 g/mol. The van der Waals surface area contributed by atoms with Crippen molar-refractivity contribution in [2.75, 3.05) is 5.73 Å². The van der Waals surface area contributed by atoms with Gasteiger partial charge < -0.3 is 5.73 Å². The van der Waals surface area contributed by atoms with E-state index in [9.17, 15) is 0 Å². The zero-order valence-electron chi connectivity index (χ0n) is 7.67. The standard InChI is InChI=1S/C11H15N/c1-4-9-6-5-7-10(8(2)3)11(9)12/h4-8H,1,12H2,2-3H3. The molecule has 0 aromatic heterocycles. The molecule has 0 spiro atoms. The zero-order chi connectivity index (χ0) is 9.14. The van der Waals surface area contributed by atoms with Crippen LogP contribution in [-0.2, 0) is 0 Å². The Morgan fingerprint density at radius 3 is 2.58 bits per heavy atom. The van der Waals surface area contributed by atoms with E-state index in [0.29, 0.717) is 5.92 Å².